The summed E-state index contributed by atoms with van der Waals surface area (Å²) >= 11 is 0. The minimum absolute atomic E-state index is 0.173. The molecule has 0 bridgehead atoms. The van der Waals surface area contributed by atoms with E-state index in [2.05, 4.69) is 5.32 Å². The molecule has 0 aromatic carbocycles. The van der Waals surface area contributed by atoms with E-state index in [-0.39, 0.29) is 18.4 Å². The van der Waals surface area contributed by atoms with Crippen LogP contribution in [0.5, 0.6) is 0 Å². The number of nitrogens with zero attached hydrogens (tertiary/aromatic N) is 1. The molecule has 1 rings (SSSR count). The van der Waals surface area contributed by atoms with Crippen LogP contribution >= 0.6 is 0 Å². The number of carbonyl (C=O) groups excluding carboxylic acids is 2. The van der Waals surface area contributed by atoms with Gasteiger partial charge in [0.1, 0.15) is 6.04 Å². The van der Waals surface area contributed by atoms with E-state index in [1.807, 2.05) is 0 Å². The van der Waals surface area contributed by atoms with Crippen molar-refractivity contribution < 1.29 is 18.4 Å². The number of hydrogen-bond acceptors (Lipinski definition) is 2. The van der Waals surface area contributed by atoms with Gasteiger partial charge in [-0.1, -0.05) is 13.8 Å². The summed E-state index contributed by atoms with van der Waals surface area (Å²) in [6, 6.07) is -0.778. The largest absolute Gasteiger partial charge is 0.345 e. The summed E-state index contributed by atoms with van der Waals surface area (Å²) in [5.74, 6) is -0.980. The Balaban J connectivity index is 2.83. The fourth-order valence-electron chi connectivity index (χ4n) is 1.69. The number of halogens is 2. The second-order valence-electron chi connectivity index (χ2n) is 3.84. The van der Waals surface area contributed by atoms with Crippen molar-refractivity contribution in [1.82, 2.24) is 10.2 Å². The number of rotatable bonds is 3. The maximum Gasteiger partial charge on any atom is 0.255 e. The Morgan fingerprint density at radius 1 is 1.47 bits per heavy atom. The number of carbonyl (C=O) groups is 2. The van der Waals surface area contributed by atoms with Gasteiger partial charge in [0.15, 0.2) is 0 Å². The first-order valence-electron chi connectivity index (χ1n) is 4.78. The number of alkyl halides is 2. The fraction of sp³-hybridized carbons (Fsp3) is 0.778. The van der Waals surface area contributed by atoms with Gasteiger partial charge in [-0.2, -0.15) is 0 Å². The lowest BCUT2D eigenvalue weighted by Gasteiger charge is -2.36. The van der Waals surface area contributed by atoms with Crippen LogP contribution in [0.2, 0.25) is 0 Å². The third kappa shape index (κ3) is 2.64. The van der Waals surface area contributed by atoms with E-state index in [4.69, 9.17) is 0 Å². The molecular formula is C9H14F2N2O2. The van der Waals surface area contributed by atoms with Gasteiger partial charge >= 0.3 is 0 Å². The molecule has 6 heteroatoms. The third-order valence-corrected chi connectivity index (χ3v) is 2.30. The molecule has 0 aromatic heterocycles. The Kier molecular flexibility index (Phi) is 3.60. The van der Waals surface area contributed by atoms with E-state index in [0.29, 0.717) is 0 Å². The number of nitrogens with one attached hydrogen (secondary N) is 1. The molecule has 0 aromatic rings. The Labute approximate surface area is 86.6 Å². The lowest BCUT2D eigenvalue weighted by molar-refractivity contribution is -0.149. The summed E-state index contributed by atoms with van der Waals surface area (Å²) in [6.07, 6.45) is -2.61. The van der Waals surface area contributed by atoms with Crippen LogP contribution in [0.1, 0.15) is 13.8 Å². The average Bonchev–Trinajstić information content (AvgIpc) is 2.10. The highest BCUT2D eigenvalue weighted by Crippen LogP contribution is 2.16. The van der Waals surface area contributed by atoms with Gasteiger partial charge in [-0.15, -0.1) is 0 Å². The van der Waals surface area contributed by atoms with Crippen LogP contribution in [-0.4, -0.2) is 42.3 Å². The standard InChI is InChI=1S/C9H14F2N2O2/c1-5(2)8-9(15)12-3-7(14)13(8)4-6(10)11/h5-6,8H,3-4H2,1-2H3,(H,12,15). The normalized spacial score (nSPS) is 22.5. The van der Waals surface area contributed by atoms with Crippen molar-refractivity contribution in [3.05, 3.63) is 0 Å². The zero-order valence-corrected chi connectivity index (χ0v) is 8.67. The molecule has 0 spiro atoms. The summed E-state index contributed by atoms with van der Waals surface area (Å²) < 4.78 is 24.5. The van der Waals surface area contributed by atoms with Gasteiger partial charge in [0.05, 0.1) is 13.1 Å². The number of amides is 2. The molecule has 86 valence electrons. The molecule has 15 heavy (non-hydrogen) atoms. The molecule has 0 radical (unpaired) electrons. The lowest BCUT2D eigenvalue weighted by atomic mass is 9.99. The molecular weight excluding hydrogens is 206 g/mol. The minimum atomic E-state index is -2.61. The van der Waals surface area contributed by atoms with E-state index >= 15 is 0 Å². The second-order valence-corrected chi connectivity index (χ2v) is 3.84. The van der Waals surface area contributed by atoms with Gasteiger partial charge in [0.2, 0.25) is 11.8 Å². The Morgan fingerprint density at radius 2 is 2.07 bits per heavy atom. The first-order valence-corrected chi connectivity index (χ1v) is 4.78. The number of piperazine rings is 1. The van der Waals surface area contributed by atoms with E-state index in [1.165, 1.54) is 0 Å². The summed E-state index contributed by atoms with van der Waals surface area (Å²) in [4.78, 5) is 23.8. The molecule has 1 aliphatic rings. The molecule has 1 fully saturated rings. The van der Waals surface area contributed by atoms with Crippen LogP contribution in [0.25, 0.3) is 0 Å². The van der Waals surface area contributed by atoms with Crippen LogP contribution in [-0.2, 0) is 9.59 Å². The lowest BCUT2D eigenvalue weighted by Crippen LogP contribution is -2.61. The van der Waals surface area contributed by atoms with Gasteiger partial charge in [0.25, 0.3) is 6.43 Å². The van der Waals surface area contributed by atoms with Gasteiger partial charge in [-0.25, -0.2) is 8.78 Å². The first kappa shape index (κ1) is 11.9. The van der Waals surface area contributed by atoms with Crippen molar-refractivity contribution in [3.8, 4) is 0 Å². The molecule has 0 saturated carbocycles. The SMILES string of the molecule is CC(C)C1C(=O)NCC(=O)N1CC(F)F. The van der Waals surface area contributed by atoms with Crippen LogP contribution < -0.4 is 5.32 Å². The highest BCUT2D eigenvalue weighted by Gasteiger charge is 2.37. The van der Waals surface area contributed by atoms with E-state index in [0.717, 1.165) is 4.90 Å². The monoisotopic (exact) mass is 220 g/mol. The first-order chi connectivity index (χ1) is 6.93. The van der Waals surface area contributed by atoms with Crippen LogP contribution in [0.4, 0.5) is 8.78 Å². The zero-order chi connectivity index (χ0) is 11.6. The van der Waals surface area contributed by atoms with Crippen LogP contribution in [0, 0.1) is 5.92 Å². The Bertz CT molecular complexity index is 269. The summed E-state index contributed by atoms with van der Waals surface area (Å²) in [5, 5.41) is 2.39. The van der Waals surface area contributed by atoms with E-state index < -0.39 is 24.9 Å². The molecule has 1 unspecified atom stereocenters. The summed E-state index contributed by atoms with van der Waals surface area (Å²) in [5.41, 5.74) is 0. The molecule has 1 atom stereocenters. The average molecular weight is 220 g/mol. The van der Waals surface area contributed by atoms with Gasteiger partial charge < -0.3 is 10.2 Å². The van der Waals surface area contributed by atoms with Crippen molar-refractivity contribution in [3.63, 3.8) is 0 Å². The molecule has 1 aliphatic heterocycles. The zero-order valence-electron chi connectivity index (χ0n) is 8.67. The van der Waals surface area contributed by atoms with Crippen molar-refractivity contribution >= 4 is 11.8 Å². The van der Waals surface area contributed by atoms with Gasteiger partial charge in [0, 0.05) is 0 Å². The summed E-state index contributed by atoms with van der Waals surface area (Å²) in [7, 11) is 0. The quantitative estimate of drug-likeness (QED) is 0.740. The van der Waals surface area contributed by atoms with Crippen molar-refractivity contribution in [1.29, 1.82) is 0 Å². The van der Waals surface area contributed by atoms with Gasteiger partial charge in [-0.05, 0) is 5.92 Å². The predicted molar refractivity (Wildman–Crippen MR) is 49.4 cm³/mol. The van der Waals surface area contributed by atoms with Crippen LogP contribution in [0.15, 0.2) is 0 Å². The molecule has 4 nitrogen and oxygen atoms in total. The Hall–Kier alpha value is -1.20. The predicted octanol–water partition coefficient (Wildman–Crippen LogP) is 0.234. The van der Waals surface area contributed by atoms with Crippen LogP contribution in [0.3, 0.4) is 0 Å². The molecule has 0 aliphatic carbocycles. The second kappa shape index (κ2) is 4.55. The molecule has 1 N–H and O–H groups in total. The molecule has 2 amide bonds. The molecule has 1 heterocycles. The maximum atomic E-state index is 12.2. The third-order valence-electron chi connectivity index (χ3n) is 2.30. The highest BCUT2D eigenvalue weighted by atomic mass is 19.3. The highest BCUT2D eigenvalue weighted by molar-refractivity contribution is 5.94. The summed E-state index contributed by atoms with van der Waals surface area (Å²) in [6.45, 7) is 2.59. The topological polar surface area (TPSA) is 49.4 Å². The van der Waals surface area contributed by atoms with Gasteiger partial charge in [-0.3, -0.25) is 9.59 Å². The smallest absolute Gasteiger partial charge is 0.255 e. The minimum Gasteiger partial charge on any atom is -0.345 e. The van der Waals surface area contributed by atoms with E-state index in [9.17, 15) is 18.4 Å². The Morgan fingerprint density at radius 3 is 2.53 bits per heavy atom. The number of hydrogen-bond donors (Lipinski definition) is 1. The fourth-order valence-corrected chi connectivity index (χ4v) is 1.69. The van der Waals surface area contributed by atoms with Crippen molar-refractivity contribution in [2.45, 2.75) is 26.3 Å². The molecule has 1 saturated heterocycles. The van der Waals surface area contributed by atoms with Crippen molar-refractivity contribution in [2.75, 3.05) is 13.1 Å². The van der Waals surface area contributed by atoms with Crippen molar-refractivity contribution in [2.24, 2.45) is 5.92 Å². The van der Waals surface area contributed by atoms with E-state index in [1.54, 1.807) is 13.8 Å². The maximum absolute atomic E-state index is 12.2.